The second kappa shape index (κ2) is 4.60. The van der Waals surface area contributed by atoms with E-state index in [0.717, 1.165) is 16.8 Å². The first-order valence-electron chi connectivity index (χ1n) is 7.34. The predicted molar refractivity (Wildman–Crippen MR) is 87.6 cm³/mol. The molecule has 8 nitrogen and oxygen atoms in total. The van der Waals surface area contributed by atoms with Gasteiger partial charge in [0, 0.05) is 11.8 Å². The lowest BCUT2D eigenvalue weighted by Crippen LogP contribution is -2.26. The fraction of sp³-hybridized carbons (Fsp3) is 0.188. The van der Waals surface area contributed by atoms with Crippen molar-refractivity contribution in [2.24, 2.45) is 0 Å². The van der Waals surface area contributed by atoms with E-state index in [1.807, 2.05) is 19.9 Å². The minimum atomic E-state index is -0.613. The molecule has 0 atom stereocenters. The fourth-order valence-corrected chi connectivity index (χ4v) is 2.86. The van der Waals surface area contributed by atoms with Crippen LogP contribution in [0.4, 0.5) is 11.5 Å². The standard InChI is InChI=1S/C16H13N5O3/c1-16(2)8-6-11-12(7-10(8)20-15(16)22)19-14(18-11)9-4-3-5-13(17-9)21(23)24/h3-7H,1-2H3,(H,18,19)(H,20,22). The van der Waals surface area contributed by atoms with Gasteiger partial charge in [0.25, 0.3) is 0 Å². The van der Waals surface area contributed by atoms with Crippen LogP contribution < -0.4 is 5.32 Å². The highest BCUT2D eigenvalue weighted by molar-refractivity contribution is 6.07. The summed E-state index contributed by atoms with van der Waals surface area (Å²) in [4.78, 5) is 33.9. The van der Waals surface area contributed by atoms with Gasteiger partial charge in [-0.2, -0.15) is 0 Å². The van der Waals surface area contributed by atoms with Gasteiger partial charge >= 0.3 is 5.82 Å². The number of aromatic amines is 1. The maximum Gasteiger partial charge on any atom is 0.364 e. The van der Waals surface area contributed by atoms with Crippen LogP contribution in [0.25, 0.3) is 22.6 Å². The summed E-state index contributed by atoms with van der Waals surface area (Å²) in [5.74, 6) is 0.163. The van der Waals surface area contributed by atoms with Crippen molar-refractivity contribution in [3.63, 3.8) is 0 Å². The van der Waals surface area contributed by atoms with Gasteiger partial charge in [-0.3, -0.25) is 4.79 Å². The number of rotatable bonds is 2. The Morgan fingerprint density at radius 3 is 2.75 bits per heavy atom. The molecular weight excluding hydrogens is 310 g/mol. The number of carbonyl (C=O) groups excluding carboxylic acids is 1. The zero-order valence-electron chi connectivity index (χ0n) is 13.0. The van der Waals surface area contributed by atoms with Crippen molar-refractivity contribution in [2.45, 2.75) is 19.3 Å². The largest absolute Gasteiger partial charge is 0.364 e. The first-order chi connectivity index (χ1) is 11.4. The second-order valence-electron chi connectivity index (χ2n) is 6.22. The third-order valence-electron chi connectivity index (χ3n) is 4.27. The number of fused-ring (bicyclic) bond motifs is 2. The van der Waals surface area contributed by atoms with Gasteiger partial charge in [-0.05, 0) is 53.6 Å². The summed E-state index contributed by atoms with van der Waals surface area (Å²) in [6.07, 6.45) is 0. The topological polar surface area (TPSA) is 114 Å². The highest BCUT2D eigenvalue weighted by Gasteiger charge is 2.38. The zero-order valence-corrected chi connectivity index (χ0v) is 13.0. The molecule has 1 aliphatic rings. The molecule has 0 saturated heterocycles. The van der Waals surface area contributed by atoms with Crippen LogP contribution in [0.3, 0.4) is 0 Å². The van der Waals surface area contributed by atoms with E-state index in [1.54, 1.807) is 18.2 Å². The number of nitro groups is 1. The first-order valence-corrected chi connectivity index (χ1v) is 7.34. The number of hydrogen-bond acceptors (Lipinski definition) is 5. The highest BCUT2D eigenvalue weighted by Crippen LogP contribution is 2.39. The smallest absolute Gasteiger partial charge is 0.358 e. The van der Waals surface area contributed by atoms with Crippen molar-refractivity contribution in [1.29, 1.82) is 0 Å². The Morgan fingerprint density at radius 1 is 1.21 bits per heavy atom. The maximum absolute atomic E-state index is 12.0. The van der Waals surface area contributed by atoms with Crippen molar-refractivity contribution in [3.8, 4) is 11.5 Å². The van der Waals surface area contributed by atoms with Crippen LogP contribution in [0, 0.1) is 10.1 Å². The number of aromatic nitrogens is 3. The highest BCUT2D eigenvalue weighted by atomic mass is 16.6. The lowest BCUT2D eigenvalue weighted by Gasteiger charge is -2.14. The Bertz CT molecular complexity index is 1020. The van der Waals surface area contributed by atoms with E-state index < -0.39 is 10.3 Å². The molecule has 0 unspecified atom stereocenters. The van der Waals surface area contributed by atoms with Crippen molar-refractivity contribution < 1.29 is 9.72 Å². The molecule has 4 rings (SSSR count). The van der Waals surface area contributed by atoms with Crippen molar-refractivity contribution in [2.75, 3.05) is 5.32 Å². The summed E-state index contributed by atoms with van der Waals surface area (Å²) < 4.78 is 0. The number of hydrogen-bond donors (Lipinski definition) is 2. The average molecular weight is 323 g/mol. The second-order valence-corrected chi connectivity index (χ2v) is 6.22. The van der Waals surface area contributed by atoms with Gasteiger partial charge in [-0.1, -0.05) is 0 Å². The molecule has 0 spiro atoms. The van der Waals surface area contributed by atoms with Gasteiger partial charge < -0.3 is 20.4 Å². The Kier molecular flexibility index (Phi) is 2.75. The first kappa shape index (κ1) is 14.3. The Labute approximate surface area is 136 Å². The number of carbonyl (C=O) groups is 1. The molecule has 3 heterocycles. The summed E-state index contributed by atoms with van der Waals surface area (Å²) in [5, 5.41) is 13.7. The number of amides is 1. The molecule has 0 radical (unpaired) electrons. The van der Waals surface area contributed by atoms with Crippen LogP contribution in [0.1, 0.15) is 19.4 Å². The number of benzene rings is 1. The number of H-pyrrole nitrogens is 1. The van der Waals surface area contributed by atoms with Crippen molar-refractivity contribution >= 4 is 28.4 Å². The molecule has 0 aliphatic carbocycles. The monoisotopic (exact) mass is 323 g/mol. The third-order valence-corrected chi connectivity index (χ3v) is 4.27. The molecular formula is C16H13N5O3. The van der Waals surface area contributed by atoms with E-state index in [4.69, 9.17) is 0 Å². The third kappa shape index (κ3) is 1.96. The summed E-state index contributed by atoms with van der Waals surface area (Å²) in [5.41, 5.74) is 2.82. The molecule has 3 aromatic rings. The molecule has 1 amide bonds. The molecule has 0 bridgehead atoms. The van der Waals surface area contributed by atoms with E-state index in [0.29, 0.717) is 17.0 Å². The minimum absolute atomic E-state index is 0.0503. The van der Waals surface area contributed by atoms with Crippen LogP contribution in [0.5, 0.6) is 0 Å². The van der Waals surface area contributed by atoms with E-state index >= 15 is 0 Å². The molecule has 0 saturated carbocycles. The van der Waals surface area contributed by atoms with Crippen LogP contribution in [0.2, 0.25) is 0 Å². The lowest BCUT2D eigenvalue weighted by molar-refractivity contribution is -0.389. The number of imidazole rings is 1. The number of nitrogens with one attached hydrogen (secondary N) is 2. The molecule has 120 valence electrons. The van der Waals surface area contributed by atoms with Crippen molar-refractivity contribution in [3.05, 3.63) is 46.0 Å². The quantitative estimate of drug-likeness (QED) is 0.556. The summed E-state index contributed by atoms with van der Waals surface area (Å²) in [6.45, 7) is 3.72. The van der Waals surface area contributed by atoms with Gasteiger partial charge in [-0.15, -0.1) is 0 Å². The summed E-state index contributed by atoms with van der Waals surface area (Å²) in [7, 11) is 0. The summed E-state index contributed by atoms with van der Waals surface area (Å²) >= 11 is 0. The van der Waals surface area contributed by atoms with Crippen LogP contribution >= 0.6 is 0 Å². The van der Waals surface area contributed by atoms with E-state index in [9.17, 15) is 14.9 Å². The molecule has 24 heavy (non-hydrogen) atoms. The number of nitrogens with zero attached hydrogens (tertiary/aromatic N) is 3. The molecule has 2 aromatic heterocycles. The molecule has 2 N–H and O–H groups in total. The lowest BCUT2D eigenvalue weighted by atomic mass is 9.86. The predicted octanol–water partition coefficient (Wildman–Crippen LogP) is 2.76. The van der Waals surface area contributed by atoms with Crippen LogP contribution in [-0.2, 0) is 10.2 Å². The van der Waals surface area contributed by atoms with Crippen LogP contribution in [0.15, 0.2) is 30.3 Å². The van der Waals surface area contributed by atoms with Gasteiger partial charge in [-0.25, -0.2) is 4.98 Å². The number of pyridine rings is 1. The maximum atomic E-state index is 12.0. The van der Waals surface area contributed by atoms with Crippen molar-refractivity contribution in [1.82, 2.24) is 15.0 Å². The SMILES string of the molecule is CC1(C)C(=O)Nc2cc3nc(-c4cccc([N+](=O)[O-])n4)[nH]c3cc21. The number of anilines is 1. The molecule has 0 fully saturated rings. The Hall–Kier alpha value is -3.29. The zero-order chi connectivity index (χ0) is 17.1. The average Bonchev–Trinajstić information content (AvgIpc) is 3.05. The molecule has 1 aliphatic heterocycles. The van der Waals surface area contributed by atoms with E-state index in [-0.39, 0.29) is 11.7 Å². The van der Waals surface area contributed by atoms with Gasteiger partial charge in [0.2, 0.25) is 11.6 Å². The van der Waals surface area contributed by atoms with Gasteiger partial charge in [0.15, 0.2) is 5.82 Å². The fourth-order valence-electron chi connectivity index (χ4n) is 2.86. The molecule has 1 aromatic carbocycles. The van der Waals surface area contributed by atoms with E-state index in [2.05, 4.69) is 20.3 Å². The normalized spacial score (nSPS) is 15.3. The van der Waals surface area contributed by atoms with Gasteiger partial charge in [0.05, 0.1) is 16.4 Å². The summed E-state index contributed by atoms with van der Waals surface area (Å²) in [6, 6.07) is 8.24. The minimum Gasteiger partial charge on any atom is -0.358 e. The van der Waals surface area contributed by atoms with Gasteiger partial charge in [0.1, 0.15) is 0 Å². The Balaban J connectivity index is 1.85. The van der Waals surface area contributed by atoms with E-state index in [1.165, 1.54) is 6.07 Å². The van der Waals surface area contributed by atoms with Crippen LogP contribution in [-0.4, -0.2) is 25.8 Å². The molecule has 8 heteroatoms. The Morgan fingerprint density at radius 2 is 2.00 bits per heavy atom.